The average Bonchev–Trinajstić information content (AvgIpc) is 3.81. The van der Waals surface area contributed by atoms with Crippen LogP contribution in [-0.2, 0) is 0 Å². The first-order valence-corrected chi connectivity index (χ1v) is 21.4. The Morgan fingerprint density at radius 2 is 0.516 bits per heavy atom. The van der Waals surface area contributed by atoms with Crippen molar-refractivity contribution in [2.45, 2.75) is 27.7 Å². The van der Waals surface area contributed by atoms with Gasteiger partial charge in [0.2, 0.25) is 0 Å². The van der Waals surface area contributed by atoms with Crippen LogP contribution in [0.4, 0.5) is 34.1 Å². The molecule has 0 aliphatic carbocycles. The summed E-state index contributed by atoms with van der Waals surface area (Å²) in [5.41, 5.74) is 18.7. The predicted molar refractivity (Wildman–Crippen MR) is 263 cm³/mol. The predicted octanol–water partition coefficient (Wildman–Crippen LogP) is 16.1. The van der Waals surface area contributed by atoms with Gasteiger partial charge in [0.1, 0.15) is 0 Å². The maximum Gasteiger partial charge on any atom is 0.0548 e. The maximum atomic E-state index is 2.43. The van der Waals surface area contributed by atoms with Crippen molar-refractivity contribution >= 4 is 77.7 Å². The molecule has 0 radical (unpaired) electrons. The number of nitrogens with zero attached hydrogens (tertiary/aromatic N) is 4. The van der Waals surface area contributed by atoms with Crippen LogP contribution in [0, 0.1) is 27.7 Å². The maximum absolute atomic E-state index is 2.43. The van der Waals surface area contributed by atoms with E-state index in [2.05, 4.69) is 253 Å². The molecule has 4 nitrogen and oxygen atoms in total. The fourth-order valence-corrected chi connectivity index (χ4v) is 9.16. The van der Waals surface area contributed by atoms with E-state index in [0.717, 1.165) is 45.5 Å². The van der Waals surface area contributed by atoms with E-state index >= 15 is 0 Å². The first-order valence-electron chi connectivity index (χ1n) is 21.4. The van der Waals surface area contributed by atoms with Gasteiger partial charge in [-0.1, -0.05) is 107 Å². The lowest BCUT2D eigenvalue weighted by atomic mass is 10.1. The van der Waals surface area contributed by atoms with Crippen molar-refractivity contribution in [1.29, 1.82) is 0 Å². The highest BCUT2D eigenvalue weighted by Crippen LogP contribution is 2.42. The lowest BCUT2D eigenvalue weighted by Crippen LogP contribution is -2.10. The molecule has 298 valence electrons. The van der Waals surface area contributed by atoms with Gasteiger partial charge in [0.15, 0.2) is 0 Å². The number of hydrogen-bond donors (Lipinski definition) is 0. The van der Waals surface area contributed by atoms with Crippen LogP contribution < -0.4 is 9.80 Å². The van der Waals surface area contributed by atoms with Gasteiger partial charge in [-0.15, -0.1) is 0 Å². The standard InChI is InChI=1S/C58H46N4/c1-39-13-21-43(22-14-39)59(44-23-15-40(2)16-24-44)47-29-33-49(34-30-47)61-55-11-7-5-9-51(55)53-38-58-54(37-57(53)61)52-10-6-8-12-56(52)62(58)50-35-31-48(32-36-50)60(45-25-17-41(3)18-26-45)46-27-19-42(4)20-28-46/h5-38H,1-4H3. The molecule has 0 amide bonds. The third-order valence-electron chi connectivity index (χ3n) is 12.4. The largest absolute Gasteiger partial charge is 0.311 e. The molecule has 0 unspecified atom stereocenters. The quantitative estimate of drug-likeness (QED) is 0.152. The van der Waals surface area contributed by atoms with Gasteiger partial charge in [0, 0.05) is 67.0 Å². The Balaban J connectivity index is 1.04. The summed E-state index contributed by atoms with van der Waals surface area (Å²) in [4.78, 5) is 4.67. The monoisotopic (exact) mass is 798 g/mol. The number of anilines is 6. The lowest BCUT2D eigenvalue weighted by molar-refractivity contribution is 1.17. The highest BCUT2D eigenvalue weighted by molar-refractivity contribution is 6.19. The molecule has 0 aliphatic heterocycles. The van der Waals surface area contributed by atoms with Gasteiger partial charge < -0.3 is 18.9 Å². The van der Waals surface area contributed by atoms with Gasteiger partial charge in [-0.2, -0.15) is 0 Å². The Kier molecular flexibility index (Phi) is 9.01. The molecular formula is C58H46N4. The second kappa shape index (κ2) is 15.0. The normalized spacial score (nSPS) is 11.5. The highest BCUT2D eigenvalue weighted by atomic mass is 15.1. The third-order valence-corrected chi connectivity index (χ3v) is 12.4. The highest BCUT2D eigenvalue weighted by Gasteiger charge is 2.20. The molecule has 0 saturated carbocycles. The molecule has 0 atom stereocenters. The van der Waals surface area contributed by atoms with Gasteiger partial charge in [0.25, 0.3) is 0 Å². The molecule has 62 heavy (non-hydrogen) atoms. The van der Waals surface area contributed by atoms with Crippen LogP contribution in [0.15, 0.2) is 206 Å². The van der Waals surface area contributed by atoms with Crippen molar-refractivity contribution in [1.82, 2.24) is 9.13 Å². The zero-order chi connectivity index (χ0) is 41.9. The molecule has 11 rings (SSSR count). The van der Waals surface area contributed by atoms with Gasteiger partial charge >= 0.3 is 0 Å². The summed E-state index contributed by atoms with van der Waals surface area (Å²) in [6.07, 6.45) is 0. The van der Waals surface area contributed by atoms with E-state index < -0.39 is 0 Å². The van der Waals surface area contributed by atoms with Crippen molar-refractivity contribution in [3.8, 4) is 11.4 Å². The van der Waals surface area contributed by atoms with Gasteiger partial charge in [0.05, 0.1) is 22.1 Å². The van der Waals surface area contributed by atoms with Crippen LogP contribution >= 0.6 is 0 Å². The Hall–Kier alpha value is -7.82. The Labute approximate surface area is 362 Å². The van der Waals surface area contributed by atoms with Crippen molar-refractivity contribution in [2.75, 3.05) is 9.80 Å². The van der Waals surface area contributed by atoms with E-state index in [1.807, 2.05) is 0 Å². The summed E-state index contributed by atoms with van der Waals surface area (Å²) in [5, 5.41) is 4.91. The van der Waals surface area contributed by atoms with Crippen molar-refractivity contribution in [2.24, 2.45) is 0 Å². The fourth-order valence-electron chi connectivity index (χ4n) is 9.16. The Bertz CT molecular complexity index is 3070. The summed E-state index contributed by atoms with van der Waals surface area (Å²) in [5.74, 6) is 0. The number of fused-ring (bicyclic) bond motifs is 6. The molecule has 0 saturated heterocycles. The lowest BCUT2D eigenvalue weighted by Gasteiger charge is -2.26. The zero-order valence-electron chi connectivity index (χ0n) is 35.4. The zero-order valence-corrected chi connectivity index (χ0v) is 35.4. The molecule has 4 heteroatoms. The van der Waals surface area contributed by atoms with Gasteiger partial charge in [-0.05, 0) is 149 Å². The minimum atomic E-state index is 1.11. The van der Waals surface area contributed by atoms with E-state index in [1.54, 1.807) is 0 Å². The van der Waals surface area contributed by atoms with Crippen LogP contribution in [0.25, 0.3) is 55.0 Å². The Morgan fingerprint density at radius 1 is 0.258 bits per heavy atom. The van der Waals surface area contributed by atoms with Gasteiger partial charge in [-0.3, -0.25) is 0 Å². The van der Waals surface area contributed by atoms with Crippen molar-refractivity contribution < 1.29 is 0 Å². The number of aryl methyl sites for hydroxylation is 4. The van der Waals surface area contributed by atoms with Crippen LogP contribution in [0.5, 0.6) is 0 Å². The number of benzene rings is 9. The summed E-state index contributed by atoms with van der Waals surface area (Å²) in [7, 11) is 0. The SMILES string of the molecule is Cc1ccc(N(c2ccc(C)cc2)c2ccc(-n3c4ccccc4c4cc5c(cc43)c3ccccc3n5-c3ccc(N(c4ccc(C)cc4)c4ccc(C)cc4)cc3)cc2)cc1. The summed E-state index contributed by atoms with van der Waals surface area (Å²) >= 11 is 0. The summed E-state index contributed by atoms with van der Waals surface area (Å²) in [6, 6.07) is 75.6. The summed E-state index contributed by atoms with van der Waals surface area (Å²) in [6.45, 7) is 8.54. The number of para-hydroxylation sites is 2. The molecule has 0 fully saturated rings. The van der Waals surface area contributed by atoms with Crippen LogP contribution in [0.2, 0.25) is 0 Å². The van der Waals surface area contributed by atoms with E-state index in [0.29, 0.717) is 0 Å². The molecule has 2 aromatic heterocycles. The third kappa shape index (κ3) is 6.40. The molecule has 2 heterocycles. The van der Waals surface area contributed by atoms with Crippen LogP contribution in [0.3, 0.4) is 0 Å². The van der Waals surface area contributed by atoms with Crippen molar-refractivity contribution in [3.05, 3.63) is 229 Å². The second-order valence-electron chi connectivity index (χ2n) is 16.6. The molecule has 0 spiro atoms. The van der Waals surface area contributed by atoms with E-state index in [-0.39, 0.29) is 0 Å². The minimum absolute atomic E-state index is 1.11. The van der Waals surface area contributed by atoms with E-state index in [9.17, 15) is 0 Å². The van der Waals surface area contributed by atoms with Gasteiger partial charge in [-0.25, -0.2) is 0 Å². The topological polar surface area (TPSA) is 16.3 Å². The first kappa shape index (κ1) is 37.2. The number of rotatable bonds is 8. The smallest absolute Gasteiger partial charge is 0.0548 e. The summed E-state index contributed by atoms with van der Waals surface area (Å²) < 4.78 is 4.86. The van der Waals surface area contributed by atoms with Crippen molar-refractivity contribution in [3.63, 3.8) is 0 Å². The van der Waals surface area contributed by atoms with Crippen LogP contribution in [-0.4, -0.2) is 9.13 Å². The molecule has 0 N–H and O–H groups in total. The van der Waals surface area contributed by atoms with E-state index in [4.69, 9.17) is 0 Å². The number of aromatic nitrogens is 2. The molecule has 11 aromatic rings. The average molecular weight is 799 g/mol. The van der Waals surface area contributed by atoms with E-state index in [1.165, 1.54) is 65.9 Å². The molecule has 9 aromatic carbocycles. The van der Waals surface area contributed by atoms with Crippen LogP contribution in [0.1, 0.15) is 22.3 Å². The molecule has 0 bridgehead atoms. The molecule has 0 aliphatic rings. The first-order chi connectivity index (χ1) is 30.4. The Morgan fingerprint density at radius 3 is 0.806 bits per heavy atom. The minimum Gasteiger partial charge on any atom is -0.311 e. The second-order valence-corrected chi connectivity index (χ2v) is 16.6. The fraction of sp³-hybridized carbons (Fsp3) is 0.0690. The number of hydrogen-bond acceptors (Lipinski definition) is 2. The molecular weight excluding hydrogens is 753 g/mol.